The standard InChI is InChI=1S/C15H19N3O3/c1-9-6-11(16)4-5-18(9)15(20)10-2-3-12-13(7-10)21-8-14(19)17-12/h2-3,7,9,11H,4-6,8,16H2,1H3,(H,17,19)/t9-,11-/m0/s1. The van der Waals surface area contributed by atoms with Crippen molar-refractivity contribution < 1.29 is 14.3 Å². The number of fused-ring (bicyclic) bond motifs is 1. The zero-order valence-corrected chi connectivity index (χ0v) is 12.0. The van der Waals surface area contributed by atoms with Gasteiger partial charge in [-0.25, -0.2) is 0 Å². The largest absolute Gasteiger partial charge is 0.482 e. The summed E-state index contributed by atoms with van der Waals surface area (Å²) in [6.45, 7) is 2.68. The SMILES string of the molecule is C[C@H]1C[C@@H](N)CCN1C(=O)c1ccc2c(c1)OCC(=O)N2. The molecule has 6 nitrogen and oxygen atoms in total. The van der Waals surface area contributed by atoms with Crippen LogP contribution in [0.25, 0.3) is 0 Å². The van der Waals surface area contributed by atoms with Crippen LogP contribution in [0.3, 0.4) is 0 Å². The molecule has 1 aromatic carbocycles. The van der Waals surface area contributed by atoms with Crippen LogP contribution in [0.2, 0.25) is 0 Å². The van der Waals surface area contributed by atoms with E-state index < -0.39 is 0 Å². The summed E-state index contributed by atoms with van der Waals surface area (Å²) >= 11 is 0. The van der Waals surface area contributed by atoms with Crippen molar-refractivity contribution in [3.05, 3.63) is 23.8 Å². The molecule has 0 aromatic heterocycles. The van der Waals surface area contributed by atoms with Gasteiger partial charge in [0.25, 0.3) is 11.8 Å². The fraction of sp³-hybridized carbons (Fsp3) is 0.467. The van der Waals surface area contributed by atoms with Gasteiger partial charge >= 0.3 is 0 Å². The van der Waals surface area contributed by atoms with Crippen molar-refractivity contribution in [3.8, 4) is 5.75 Å². The first-order valence-corrected chi connectivity index (χ1v) is 7.18. The predicted molar refractivity (Wildman–Crippen MR) is 78.3 cm³/mol. The number of likely N-dealkylation sites (tertiary alicyclic amines) is 1. The van der Waals surface area contributed by atoms with Crippen LogP contribution in [0.15, 0.2) is 18.2 Å². The van der Waals surface area contributed by atoms with Crippen LogP contribution in [-0.2, 0) is 4.79 Å². The molecule has 3 N–H and O–H groups in total. The Labute approximate surface area is 123 Å². The zero-order chi connectivity index (χ0) is 15.0. The van der Waals surface area contributed by atoms with Crippen molar-refractivity contribution in [2.45, 2.75) is 31.8 Å². The monoisotopic (exact) mass is 289 g/mol. The number of amides is 2. The van der Waals surface area contributed by atoms with Gasteiger partial charge < -0.3 is 20.7 Å². The van der Waals surface area contributed by atoms with E-state index in [1.807, 2.05) is 11.8 Å². The quantitative estimate of drug-likeness (QED) is 0.806. The first-order valence-electron chi connectivity index (χ1n) is 7.18. The van der Waals surface area contributed by atoms with E-state index in [1.165, 1.54) is 0 Å². The van der Waals surface area contributed by atoms with Crippen LogP contribution < -0.4 is 15.8 Å². The van der Waals surface area contributed by atoms with E-state index in [1.54, 1.807) is 18.2 Å². The van der Waals surface area contributed by atoms with Crippen molar-refractivity contribution in [1.29, 1.82) is 0 Å². The Bertz CT molecular complexity index is 588. The summed E-state index contributed by atoms with van der Waals surface area (Å²) in [5.41, 5.74) is 7.12. The highest BCUT2D eigenvalue weighted by Gasteiger charge is 2.28. The minimum atomic E-state index is -0.180. The van der Waals surface area contributed by atoms with Crippen LogP contribution in [-0.4, -0.2) is 41.9 Å². The topological polar surface area (TPSA) is 84.7 Å². The Morgan fingerprint density at radius 2 is 2.29 bits per heavy atom. The van der Waals surface area contributed by atoms with E-state index in [4.69, 9.17) is 10.5 Å². The third-order valence-electron chi connectivity index (χ3n) is 4.04. The molecule has 2 aliphatic heterocycles. The molecule has 112 valence electrons. The average Bonchev–Trinajstić information content (AvgIpc) is 2.46. The molecule has 1 saturated heterocycles. The molecule has 2 atom stereocenters. The fourth-order valence-electron chi connectivity index (χ4n) is 2.88. The molecule has 0 radical (unpaired) electrons. The molecule has 2 amide bonds. The summed E-state index contributed by atoms with van der Waals surface area (Å²) < 4.78 is 5.35. The molecule has 1 fully saturated rings. The van der Waals surface area contributed by atoms with Crippen molar-refractivity contribution in [3.63, 3.8) is 0 Å². The van der Waals surface area contributed by atoms with E-state index in [0.29, 0.717) is 23.5 Å². The van der Waals surface area contributed by atoms with Gasteiger partial charge in [0.2, 0.25) is 0 Å². The molecular formula is C15H19N3O3. The van der Waals surface area contributed by atoms with E-state index in [2.05, 4.69) is 5.32 Å². The van der Waals surface area contributed by atoms with Crippen molar-refractivity contribution in [2.75, 3.05) is 18.5 Å². The van der Waals surface area contributed by atoms with Crippen LogP contribution in [0.4, 0.5) is 5.69 Å². The Morgan fingerprint density at radius 1 is 1.48 bits per heavy atom. The first kappa shape index (κ1) is 13.9. The second-order valence-electron chi connectivity index (χ2n) is 5.68. The lowest BCUT2D eigenvalue weighted by atomic mass is 9.98. The molecule has 0 bridgehead atoms. The van der Waals surface area contributed by atoms with Gasteiger partial charge in [0.15, 0.2) is 6.61 Å². The number of rotatable bonds is 1. The molecule has 0 unspecified atom stereocenters. The van der Waals surface area contributed by atoms with Crippen molar-refractivity contribution >= 4 is 17.5 Å². The van der Waals surface area contributed by atoms with Crippen LogP contribution in [0.5, 0.6) is 5.75 Å². The van der Waals surface area contributed by atoms with E-state index >= 15 is 0 Å². The third kappa shape index (κ3) is 2.71. The average molecular weight is 289 g/mol. The van der Waals surface area contributed by atoms with Crippen molar-refractivity contribution in [2.24, 2.45) is 5.73 Å². The van der Waals surface area contributed by atoms with E-state index in [9.17, 15) is 9.59 Å². The number of nitrogens with zero attached hydrogens (tertiary/aromatic N) is 1. The van der Waals surface area contributed by atoms with E-state index in [-0.39, 0.29) is 30.5 Å². The number of piperidine rings is 1. The molecule has 0 aliphatic carbocycles. The second kappa shape index (κ2) is 5.37. The maximum Gasteiger partial charge on any atom is 0.262 e. The minimum Gasteiger partial charge on any atom is -0.482 e. The van der Waals surface area contributed by atoms with Gasteiger partial charge in [-0.2, -0.15) is 0 Å². The maximum absolute atomic E-state index is 12.6. The van der Waals surface area contributed by atoms with Gasteiger partial charge in [0.05, 0.1) is 5.69 Å². The zero-order valence-electron chi connectivity index (χ0n) is 12.0. The predicted octanol–water partition coefficient (Wildman–Crippen LogP) is 0.969. The number of hydrogen-bond acceptors (Lipinski definition) is 4. The highest BCUT2D eigenvalue weighted by atomic mass is 16.5. The molecule has 2 aliphatic rings. The number of carbonyl (C=O) groups excluding carboxylic acids is 2. The fourth-order valence-corrected chi connectivity index (χ4v) is 2.88. The van der Waals surface area contributed by atoms with Crippen molar-refractivity contribution in [1.82, 2.24) is 4.90 Å². The Kier molecular flexibility index (Phi) is 3.55. The highest BCUT2D eigenvalue weighted by molar-refractivity contribution is 5.99. The summed E-state index contributed by atoms with van der Waals surface area (Å²) in [4.78, 5) is 25.7. The third-order valence-corrected chi connectivity index (χ3v) is 4.04. The normalized spacial score (nSPS) is 24.9. The van der Waals surface area contributed by atoms with Crippen LogP contribution in [0, 0.1) is 0 Å². The number of ether oxygens (including phenoxy) is 1. The molecule has 6 heteroatoms. The first-order chi connectivity index (χ1) is 10.0. The van der Waals surface area contributed by atoms with Gasteiger partial charge in [-0.15, -0.1) is 0 Å². The summed E-state index contributed by atoms with van der Waals surface area (Å²) in [5.74, 6) is 0.347. The van der Waals surface area contributed by atoms with Gasteiger partial charge in [-0.05, 0) is 38.0 Å². The van der Waals surface area contributed by atoms with Gasteiger partial charge in [-0.1, -0.05) is 0 Å². The second-order valence-corrected chi connectivity index (χ2v) is 5.68. The number of carbonyl (C=O) groups is 2. The molecule has 1 aromatic rings. The molecule has 3 rings (SSSR count). The summed E-state index contributed by atoms with van der Waals surface area (Å²) in [6.07, 6.45) is 1.65. The molecule has 0 saturated carbocycles. The number of benzene rings is 1. The maximum atomic E-state index is 12.6. The van der Waals surface area contributed by atoms with Gasteiger partial charge in [0, 0.05) is 24.2 Å². The van der Waals surface area contributed by atoms with Gasteiger partial charge in [-0.3, -0.25) is 9.59 Å². The molecule has 21 heavy (non-hydrogen) atoms. The van der Waals surface area contributed by atoms with Crippen LogP contribution in [0.1, 0.15) is 30.1 Å². The Hall–Kier alpha value is -2.08. The lowest BCUT2D eigenvalue weighted by Crippen LogP contribution is -2.48. The van der Waals surface area contributed by atoms with Crippen LogP contribution >= 0.6 is 0 Å². The molecule has 0 spiro atoms. The number of nitrogens with one attached hydrogen (secondary N) is 1. The lowest BCUT2D eigenvalue weighted by Gasteiger charge is -2.36. The minimum absolute atomic E-state index is 0.0143. The lowest BCUT2D eigenvalue weighted by molar-refractivity contribution is -0.118. The molecule has 2 heterocycles. The smallest absolute Gasteiger partial charge is 0.262 e. The number of anilines is 1. The highest BCUT2D eigenvalue weighted by Crippen LogP contribution is 2.29. The number of nitrogens with two attached hydrogens (primary N) is 1. The summed E-state index contributed by atoms with van der Waals surface area (Å²) in [5, 5.41) is 2.71. The summed E-state index contributed by atoms with van der Waals surface area (Å²) in [7, 11) is 0. The Balaban J connectivity index is 1.80. The number of hydrogen-bond donors (Lipinski definition) is 2. The summed E-state index contributed by atoms with van der Waals surface area (Å²) in [6, 6.07) is 5.43. The van der Waals surface area contributed by atoms with E-state index in [0.717, 1.165) is 12.8 Å². The Morgan fingerprint density at radius 3 is 3.05 bits per heavy atom. The van der Waals surface area contributed by atoms with Gasteiger partial charge in [0.1, 0.15) is 5.75 Å². The molecular weight excluding hydrogens is 270 g/mol.